The van der Waals surface area contributed by atoms with Crippen LogP contribution in [0.4, 0.5) is 0 Å². The molecule has 0 bridgehead atoms. The maximum atomic E-state index is 11.3. The Hall–Kier alpha value is -1.86. The van der Waals surface area contributed by atoms with Gasteiger partial charge in [-0.15, -0.1) is 10.2 Å². The molecule has 0 radical (unpaired) electrons. The number of carbonyl (C=O) groups is 1. The summed E-state index contributed by atoms with van der Waals surface area (Å²) in [7, 11) is 0. The highest BCUT2D eigenvalue weighted by Crippen LogP contribution is 2.31. The number of hydrogen-bond acceptors (Lipinski definition) is 4. The molecule has 20 heavy (non-hydrogen) atoms. The van der Waals surface area contributed by atoms with Crippen LogP contribution in [0.1, 0.15) is 10.4 Å². The van der Waals surface area contributed by atoms with E-state index in [1.807, 2.05) is 28.8 Å². The number of fused-ring (bicyclic) bond motifs is 1. The molecule has 0 aliphatic carbocycles. The largest absolute Gasteiger partial charge is 0.478 e. The summed E-state index contributed by atoms with van der Waals surface area (Å²) in [6, 6.07) is 10.6. The van der Waals surface area contributed by atoms with Gasteiger partial charge in [0.25, 0.3) is 0 Å². The SMILES string of the molecule is O=C(O)c1ccc(Br)cc1Sc1nnc2ccccn12. The first kappa shape index (κ1) is 13.1. The van der Waals surface area contributed by atoms with Crippen LogP contribution in [0.3, 0.4) is 0 Å². The number of carboxylic acids is 1. The van der Waals surface area contributed by atoms with Crippen LogP contribution in [0.5, 0.6) is 0 Å². The van der Waals surface area contributed by atoms with Gasteiger partial charge in [-0.05, 0) is 42.1 Å². The molecule has 7 heteroatoms. The molecule has 0 aliphatic rings. The van der Waals surface area contributed by atoms with Gasteiger partial charge in [0.2, 0.25) is 0 Å². The van der Waals surface area contributed by atoms with Gasteiger partial charge >= 0.3 is 5.97 Å². The Balaban J connectivity index is 2.07. The van der Waals surface area contributed by atoms with Crippen LogP contribution in [0.15, 0.2) is 57.1 Å². The van der Waals surface area contributed by atoms with E-state index >= 15 is 0 Å². The highest BCUT2D eigenvalue weighted by molar-refractivity contribution is 9.10. The summed E-state index contributed by atoms with van der Waals surface area (Å²) in [5.41, 5.74) is 0.966. The van der Waals surface area contributed by atoms with Crippen molar-refractivity contribution in [1.29, 1.82) is 0 Å². The summed E-state index contributed by atoms with van der Waals surface area (Å²) in [6.45, 7) is 0. The highest BCUT2D eigenvalue weighted by Gasteiger charge is 2.14. The van der Waals surface area contributed by atoms with Gasteiger partial charge in [-0.1, -0.05) is 22.0 Å². The molecule has 1 N–H and O–H groups in total. The maximum absolute atomic E-state index is 11.3. The number of benzene rings is 1. The minimum atomic E-state index is -0.964. The lowest BCUT2D eigenvalue weighted by molar-refractivity contribution is 0.0693. The molecular formula is C13H8BrN3O2S. The lowest BCUT2D eigenvalue weighted by Crippen LogP contribution is -1.99. The maximum Gasteiger partial charge on any atom is 0.336 e. The molecule has 0 aliphatic heterocycles. The van der Waals surface area contributed by atoms with Crippen molar-refractivity contribution in [2.45, 2.75) is 10.1 Å². The van der Waals surface area contributed by atoms with Gasteiger partial charge in [0, 0.05) is 15.6 Å². The molecule has 0 saturated carbocycles. The van der Waals surface area contributed by atoms with Gasteiger partial charge in [-0.3, -0.25) is 4.40 Å². The summed E-state index contributed by atoms with van der Waals surface area (Å²) in [5.74, 6) is -0.964. The molecule has 3 aromatic rings. The molecule has 2 heterocycles. The van der Waals surface area contributed by atoms with E-state index in [2.05, 4.69) is 26.1 Å². The van der Waals surface area contributed by atoms with Crippen molar-refractivity contribution in [3.05, 3.63) is 52.6 Å². The zero-order chi connectivity index (χ0) is 14.1. The van der Waals surface area contributed by atoms with Gasteiger partial charge in [-0.2, -0.15) is 0 Å². The second kappa shape index (κ2) is 5.26. The van der Waals surface area contributed by atoms with Crippen LogP contribution in [-0.2, 0) is 0 Å². The minimum absolute atomic E-state index is 0.242. The number of aromatic carboxylic acids is 1. The highest BCUT2D eigenvalue weighted by atomic mass is 79.9. The Bertz CT molecular complexity index is 803. The van der Waals surface area contributed by atoms with Gasteiger partial charge in [0.05, 0.1) is 5.56 Å². The van der Waals surface area contributed by atoms with Crippen molar-refractivity contribution in [2.75, 3.05) is 0 Å². The fraction of sp³-hybridized carbons (Fsp3) is 0. The van der Waals surface area contributed by atoms with E-state index in [4.69, 9.17) is 0 Å². The van der Waals surface area contributed by atoms with Gasteiger partial charge in [0.1, 0.15) is 0 Å². The van der Waals surface area contributed by atoms with Crippen molar-refractivity contribution in [3.63, 3.8) is 0 Å². The molecule has 5 nitrogen and oxygen atoms in total. The molecule has 1 aromatic carbocycles. The Kier molecular flexibility index (Phi) is 3.45. The van der Waals surface area contributed by atoms with E-state index in [9.17, 15) is 9.90 Å². The van der Waals surface area contributed by atoms with Crippen molar-refractivity contribution in [2.24, 2.45) is 0 Å². The Morgan fingerprint density at radius 1 is 1.25 bits per heavy atom. The van der Waals surface area contributed by atoms with Crippen molar-refractivity contribution in [3.8, 4) is 0 Å². The third-order valence-corrected chi connectivity index (χ3v) is 4.17. The standard InChI is InChI=1S/C13H8BrN3O2S/c14-8-4-5-9(12(18)19)10(7-8)20-13-16-15-11-3-1-2-6-17(11)13/h1-7H,(H,18,19). The molecule has 0 spiro atoms. The van der Waals surface area contributed by atoms with Crippen LogP contribution in [0, 0.1) is 0 Å². The Morgan fingerprint density at radius 2 is 2.10 bits per heavy atom. The summed E-state index contributed by atoms with van der Waals surface area (Å²) < 4.78 is 2.64. The third-order valence-electron chi connectivity index (χ3n) is 2.66. The third kappa shape index (κ3) is 2.41. The lowest BCUT2D eigenvalue weighted by atomic mass is 10.2. The van der Waals surface area contributed by atoms with Crippen LogP contribution in [0.2, 0.25) is 0 Å². The average Bonchev–Trinajstić information content (AvgIpc) is 2.82. The first-order valence-electron chi connectivity index (χ1n) is 5.65. The predicted molar refractivity (Wildman–Crippen MR) is 78.2 cm³/mol. The summed E-state index contributed by atoms with van der Waals surface area (Å²) in [6.07, 6.45) is 1.84. The number of pyridine rings is 1. The second-order valence-corrected chi connectivity index (χ2v) is 5.88. The molecule has 0 saturated heterocycles. The smallest absolute Gasteiger partial charge is 0.336 e. The fourth-order valence-corrected chi connectivity index (χ4v) is 3.24. The van der Waals surface area contributed by atoms with E-state index < -0.39 is 5.97 Å². The van der Waals surface area contributed by atoms with Gasteiger partial charge in [0.15, 0.2) is 10.8 Å². The van der Waals surface area contributed by atoms with E-state index in [0.717, 1.165) is 10.1 Å². The molecule has 100 valence electrons. The molecule has 0 amide bonds. The molecule has 3 rings (SSSR count). The Morgan fingerprint density at radius 3 is 2.90 bits per heavy atom. The van der Waals surface area contributed by atoms with Gasteiger partial charge < -0.3 is 5.11 Å². The van der Waals surface area contributed by atoms with E-state index in [1.165, 1.54) is 11.8 Å². The molecule has 2 aromatic heterocycles. The normalized spacial score (nSPS) is 10.8. The summed E-state index contributed by atoms with van der Waals surface area (Å²) in [5, 5.41) is 18.0. The van der Waals surface area contributed by atoms with Crippen LogP contribution < -0.4 is 0 Å². The average molecular weight is 350 g/mol. The summed E-state index contributed by atoms with van der Waals surface area (Å²) >= 11 is 4.62. The molecule has 0 fully saturated rings. The van der Waals surface area contributed by atoms with Gasteiger partial charge in [-0.25, -0.2) is 4.79 Å². The monoisotopic (exact) mass is 349 g/mol. The van der Waals surface area contributed by atoms with Crippen LogP contribution in [0.25, 0.3) is 5.65 Å². The number of aromatic nitrogens is 3. The first-order valence-corrected chi connectivity index (χ1v) is 7.26. The number of hydrogen-bond donors (Lipinski definition) is 1. The fourth-order valence-electron chi connectivity index (χ4n) is 1.74. The van der Waals surface area contributed by atoms with Crippen LogP contribution >= 0.6 is 27.7 Å². The number of halogens is 1. The number of carboxylic acid groups (broad SMARTS) is 1. The zero-order valence-electron chi connectivity index (χ0n) is 10.0. The van der Waals surface area contributed by atoms with E-state index in [0.29, 0.717) is 10.1 Å². The zero-order valence-corrected chi connectivity index (χ0v) is 12.4. The van der Waals surface area contributed by atoms with Crippen molar-refractivity contribution in [1.82, 2.24) is 14.6 Å². The predicted octanol–water partition coefficient (Wildman–Crippen LogP) is 3.34. The minimum Gasteiger partial charge on any atom is -0.478 e. The molecule has 0 atom stereocenters. The number of rotatable bonds is 3. The number of nitrogens with zero attached hydrogens (tertiary/aromatic N) is 3. The van der Waals surface area contributed by atoms with Crippen molar-refractivity contribution >= 4 is 39.3 Å². The lowest BCUT2D eigenvalue weighted by Gasteiger charge is -2.05. The second-order valence-electron chi connectivity index (χ2n) is 3.96. The van der Waals surface area contributed by atoms with Crippen molar-refractivity contribution < 1.29 is 9.90 Å². The first-order chi connectivity index (χ1) is 9.65. The molecular weight excluding hydrogens is 342 g/mol. The summed E-state index contributed by atoms with van der Waals surface area (Å²) in [4.78, 5) is 11.9. The van der Waals surface area contributed by atoms with E-state index in [-0.39, 0.29) is 5.56 Å². The van der Waals surface area contributed by atoms with Crippen LogP contribution in [-0.4, -0.2) is 25.7 Å². The van der Waals surface area contributed by atoms with E-state index in [1.54, 1.807) is 18.2 Å². The topological polar surface area (TPSA) is 67.5 Å². The molecule has 0 unspecified atom stereocenters. The quantitative estimate of drug-likeness (QED) is 0.785. The Labute approximate surface area is 126 Å².